The van der Waals surface area contributed by atoms with Gasteiger partial charge in [-0.1, -0.05) is 12.1 Å². The van der Waals surface area contributed by atoms with Crippen LogP contribution in [-0.4, -0.2) is 44.2 Å². The molecule has 7 heteroatoms. The highest BCUT2D eigenvalue weighted by Crippen LogP contribution is 2.25. The second kappa shape index (κ2) is 5.67. The van der Waals surface area contributed by atoms with E-state index in [2.05, 4.69) is 20.3 Å². The average Bonchev–Trinajstić information content (AvgIpc) is 3.15. The number of H-pyrrole nitrogens is 1. The Bertz CT molecular complexity index is 633. The Morgan fingerprint density at radius 1 is 1.57 bits per heavy atom. The van der Waals surface area contributed by atoms with Gasteiger partial charge in [-0.25, -0.2) is 0 Å². The molecule has 1 fully saturated rings. The average molecular weight is 289 g/mol. The molecule has 1 aliphatic rings. The number of carbonyl (C=O) groups is 1. The molecule has 21 heavy (non-hydrogen) atoms. The third-order valence-corrected chi connectivity index (χ3v) is 3.79. The second-order valence-electron chi connectivity index (χ2n) is 5.43. The van der Waals surface area contributed by atoms with E-state index in [4.69, 9.17) is 4.52 Å². The lowest BCUT2D eigenvalue weighted by molar-refractivity contribution is 0.0697. The van der Waals surface area contributed by atoms with Gasteiger partial charge in [0.1, 0.15) is 5.69 Å². The van der Waals surface area contributed by atoms with Gasteiger partial charge in [0.05, 0.1) is 0 Å². The number of rotatable bonds is 3. The smallest absolute Gasteiger partial charge is 0.274 e. The van der Waals surface area contributed by atoms with Crippen LogP contribution in [0.2, 0.25) is 0 Å². The Hall–Kier alpha value is -2.18. The molecule has 2 aromatic rings. The number of aromatic nitrogens is 4. The van der Waals surface area contributed by atoms with Crippen LogP contribution in [0.5, 0.6) is 0 Å². The van der Waals surface area contributed by atoms with Crippen molar-refractivity contribution in [3.63, 3.8) is 0 Å². The first-order valence-electron chi connectivity index (χ1n) is 7.31. The molecule has 0 radical (unpaired) electrons. The summed E-state index contributed by atoms with van der Waals surface area (Å²) in [6.07, 6.45) is 2.65. The maximum absolute atomic E-state index is 12.4. The minimum absolute atomic E-state index is 0.0386. The lowest BCUT2D eigenvalue weighted by Crippen LogP contribution is -2.39. The SMILES string of the molecule is CCc1nc([C@H]2CCCN(C(=O)c3cc(C)[nH]n3)C2)no1. The zero-order valence-electron chi connectivity index (χ0n) is 12.3. The van der Waals surface area contributed by atoms with Gasteiger partial charge in [0.2, 0.25) is 5.89 Å². The molecule has 1 N–H and O–H groups in total. The quantitative estimate of drug-likeness (QED) is 0.928. The summed E-state index contributed by atoms with van der Waals surface area (Å²) in [5, 5.41) is 10.9. The van der Waals surface area contributed by atoms with Crippen molar-refractivity contribution in [2.45, 2.75) is 39.0 Å². The van der Waals surface area contributed by atoms with Gasteiger partial charge in [-0.05, 0) is 25.8 Å². The van der Waals surface area contributed by atoms with Crippen molar-refractivity contribution in [3.8, 4) is 0 Å². The number of nitrogens with zero attached hydrogens (tertiary/aromatic N) is 4. The predicted octanol–water partition coefficient (Wildman–Crippen LogP) is 1.68. The first-order chi connectivity index (χ1) is 10.2. The van der Waals surface area contributed by atoms with E-state index in [0.29, 0.717) is 24.0 Å². The molecule has 0 saturated carbocycles. The number of hydrogen-bond donors (Lipinski definition) is 1. The van der Waals surface area contributed by atoms with Crippen molar-refractivity contribution < 1.29 is 9.32 Å². The zero-order valence-corrected chi connectivity index (χ0v) is 12.3. The van der Waals surface area contributed by atoms with E-state index in [1.807, 2.05) is 18.7 Å². The van der Waals surface area contributed by atoms with E-state index in [-0.39, 0.29) is 11.8 Å². The fourth-order valence-corrected chi connectivity index (χ4v) is 2.64. The first kappa shape index (κ1) is 13.8. The van der Waals surface area contributed by atoms with Crippen LogP contribution in [0, 0.1) is 6.92 Å². The van der Waals surface area contributed by atoms with Gasteiger partial charge < -0.3 is 9.42 Å². The number of likely N-dealkylation sites (tertiary alicyclic amines) is 1. The second-order valence-corrected chi connectivity index (χ2v) is 5.43. The Morgan fingerprint density at radius 3 is 3.10 bits per heavy atom. The standard InChI is InChI=1S/C14H19N5O2/c1-3-12-15-13(18-21-12)10-5-4-6-19(8-10)14(20)11-7-9(2)16-17-11/h7,10H,3-6,8H2,1-2H3,(H,16,17)/t10-/m0/s1. The number of hydrogen-bond acceptors (Lipinski definition) is 5. The topological polar surface area (TPSA) is 87.9 Å². The molecule has 112 valence electrons. The van der Waals surface area contributed by atoms with E-state index in [0.717, 1.165) is 31.5 Å². The minimum atomic E-state index is -0.0386. The van der Waals surface area contributed by atoms with Gasteiger partial charge in [-0.2, -0.15) is 10.1 Å². The monoisotopic (exact) mass is 289 g/mol. The lowest BCUT2D eigenvalue weighted by Gasteiger charge is -2.30. The number of aryl methyl sites for hydroxylation is 2. The molecule has 1 amide bonds. The van der Waals surface area contributed by atoms with E-state index in [9.17, 15) is 4.79 Å². The van der Waals surface area contributed by atoms with Crippen LogP contribution in [0.3, 0.4) is 0 Å². The van der Waals surface area contributed by atoms with E-state index >= 15 is 0 Å². The maximum Gasteiger partial charge on any atom is 0.274 e. The summed E-state index contributed by atoms with van der Waals surface area (Å²) in [7, 11) is 0. The van der Waals surface area contributed by atoms with Gasteiger partial charge >= 0.3 is 0 Å². The van der Waals surface area contributed by atoms with Crippen LogP contribution in [0.1, 0.15) is 53.6 Å². The Morgan fingerprint density at radius 2 is 2.43 bits per heavy atom. The summed E-state index contributed by atoms with van der Waals surface area (Å²) in [5.74, 6) is 1.47. The van der Waals surface area contributed by atoms with Crippen LogP contribution < -0.4 is 0 Å². The van der Waals surface area contributed by atoms with Crippen molar-refractivity contribution in [1.29, 1.82) is 0 Å². The fourth-order valence-electron chi connectivity index (χ4n) is 2.64. The van der Waals surface area contributed by atoms with Crippen LogP contribution in [0.25, 0.3) is 0 Å². The zero-order chi connectivity index (χ0) is 14.8. The maximum atomic E-state index is 12.4. The molecule has 3 heterocycles. The lowest BCUT2D eigenvalue weighted by atomic mass is 9.97. The van der Waals surface area contributed by atoms with Gasteiger partial charge in [-0.3, -0.25) is 9.89 Å². The largest absolute Gasteiger partial charge is 0.339 e. The van der Waals surface area contributed by atoms with Crippen molar-refractivity contribution in [2.24, 2.45) is 0 Å². The van der Waals surface area contributed by atoms with Crippen molar-refractivity contribution >= 4 is 5.91 Å². The molecule has 1 saturated heterocycles. The molecule has 1 atom stereocenters. The summed E-state index contributed by atoms with van der Waals surface area (Å²) in [6.45, 7) is 5.23. The molecule has 0 spiro atoms. The third kappa shape index (κ3) is 2.81. The number of piperidine rings is 1. The van der Waals surface area contributed by atoms with E-state index in [1.165, 1.54) is 0 Å². The van der Waals surface area contributed by atoms with Crippen LogP contribution >= 0.6 is 0 Å². The van der Waals surface area contributed by atoms with Gasteiger partial charge in [0.15, 0.2) is 5.82 Å². The number of aromatic amines is 1. The Labute approximate surface area is 122 Å². The molecule has 2 aromatic heterocycles. The number of nitrogens with one attached hydrogen (secondary N) is 1. The highest BCUT2D eigenvalue weighted by molar-refractivity contribution is 5.92. The molecule has 0 unspecified atom stereocenters. The summed E-state index contributed by atoms with van der Waals surface area (Å²) < 4.78 is 5.17. The first-order valence-corrected chi connectivity index (χ1v) is 7.31. The highest BCUT2D eigenvalue weighted by Gasteiger charge is 2.29. The van der Waals surface area contributed by atoms with Crippen molar-refractivity contribution in [2.75, 3.05) is 13.1 Å². The molecular formula is C14H19N5O2. The third-order valence-electron chi connectivity index (χ3n) is 3.79. The molecular weight excluding hydrogens is 270 g/mol. The molecule has 7 nitrogen and oxygen atoms in total. The van der Waals surface area contributed by atoms with E-state index in [1.54, 1.807) is 6.07 Å². The predicted molar refractivity (Wildman–Crippen MR) is 74.9 cm³/mol. The highest BCUT2D eigenvalue weighted by atomic mass is 16.5. The van der Waals surface area contributed by atoms with Crippen molar-refractivity contribution in [1.82, 2.24) is 25.2 Å². The minimum Gasteiger partial charge on any atom is -0.339 e. The summed E-state index contributed by atoms with van der Waals surface area (Å²) in [6, 6.07) is 1.77. The van der Waals surface area contributed by atoms with Gasteiger partial charge in [0.25, 0.3) is 5.91 Å². The van der Waals surface area contributed by atoms with Crippen molar-refractivity contribution in [3.05, 3.63) is 29.2 Å². The fraction of sp³-hybridized carbons (Fsp3) is 0.571. The van der Waals surface area contributed by atoms with Crippen LogP contribution in [0.4, 0.5) is 0 Å². The number of amides is 1. The number of carbonyl (C=O) groups excluding carboxylic acids is 1. The Balaban J connectivity index is 1.72. The summed E-state index contributed by atoms with van der Waals surface area (Å²) in [5.41, 5.74) is 1.35. The summed E-state index contributed by atoms with van der Waals surface area (Å²) in [4.78, 5) is 18.6. The van der Waals surface area contributed by atoms with Crippen LogP contribution in [-0.2, 0) is 6.42 Å². The Kier molecular flexibility index (Phi) is 3.72. The molecule has 0 bridgehead atoms. The molecule has 0 aromatic carbocycles. The molecule has 0 aliphatic carbocycles. The summed E-state index contributed by atoms with van der Waals surface area (Å²) >= 11 is 0. The normalized spacial score (nSPS) is 19.0. The molecule has 3 rings (SSSR count). The van der Waals surface area contributed by atoms with Gasteiger partial charge in [0, 0.05) is 31.1 Å². The van der Waals surface area contributed by atoms with Crippen LogP contribution in [0.15, 0.2) is 10.6 Å². The van der Waals surface area contributed by atoms with Gasteiger partial charge in [-0.15, -0.1) is 0 Å². The van der Waals surface area contributed by atoms with E-state index < -0.39 is 0 Å². The molecule has 1 aliphatic heterocycles.